The minimum absolute atomic E-state index is 0.0264. The summed E-state index contributed by atoms with van der Waals surface area (Å²) in [7, 11) is 0. The molecule has 5 rings (SSSR count). The van der Waals surface area contributed by atoms with Gasteiger partial charge < -0.3 is 20.4 Å². The third-order valence-electron chi connectivity index (χ3n) is 8.30. The van der Waals surface area contributed by atoms with E-state index in [4.69, 9.17) is 0 Å². The van der Waals surface area contributed by atoms with E-state index in [9.17, 15) is 19.2 Å². The Labute approximate surface area is 250 Å². The number of likely N-dealkylation sites (tertiary alicyclic amines) is 2. The fraction of sp³-hybridized carbons (Fsp3) is 0.484. The molecule has 222 valence electrons. The number of carbonyl (C=O) groups excluding carboxylic acids is 4. The van der Waals surface area contributed by atoms with Gasteiger partial charge >= 0.3 is 0 Å². The number of carbonyl (C=O) groups is 4. The van der Waals surface area contributed by atoms with E-state index in [1.54, 1.807) is 61.6 Å². The molecule has 3 aliphatic rings. The molecule has 0 aromatic carbocycles. The maximum absolute atomic E-state index is 13.1. The first-order valence-electron chi connectivity index (χ1n) is 14.4. The van der Waals surface area contributed by atoms with Gasteiger partial charge in [0.25, 0.3) is 0 Å². The van der Waals surface area contributed by atoms with Gasteiger partial charge in [0.15, 0.2) is 0 Å². The second-order valence-electron chi connectivity index (χ2n) is 12.3. The number of nitrogens with one attached hydrogen (secondary N) is 2. The smallest absolute Gasteiger partial charge is 0.246 e. The van der Waals surface area contributed by atoms with Crippen LogP contribution in [0.4, 0.5) is 5.82 Å². The monoisotopic (exact) mass is 590 g/mol. The molecular formula is C31H38N6O4S. The lowest BCUT2D eigenvalue weighted by Crippen LogP contribution is -2.53. The molecule has 10 nitrogen and oxygen atoms in total. The van der Waals surface area contributed by atoms with Crippen molar-refractivity contribution in [2.24, 2.45) is 10.8 Å². The molecule has 1 spiro atoms. The van der Waals surface area contributed by atoms with Gasteiger partial charge in [0.2, 0.25) is 23.6 Å². The maximum Gasteiger partial charge on any atom is 0.246 e. The Morgan fingerprint density at radius 2 is 1.83 bits per heavy atom. The molecule has 0 bridgehead atoms. The van der Waals surface area contributed by atoms with Crippen LogP contribution in [-0.4, -0.2) is 76.1 Å². The highest BCUT2D eigenvalue weighted by atomic mass is 32.1. The van der Waals surface area contributed by atoms with Crippen molar-refractivity contribution in [3.63, 3.8) is 0 Å². The van der Waals surface area contributed by atoms with Crippen molar-refractivity contribution in [2.45, 2.75) is 52.9 Å². The summed E-state index contributed by atoms with van der Waals surface area (Å²) >= 11 is 1.61. The quantitative estimate of drug-likeness (QED) is 0.514. The second kappa shape index (κ2) is 12.2. The second-order valence-corrected chi connectivity index (χ2v) is 13.3. The third-order valence-corrected chi connectivity index (χ3v) is 9.02. The standard InChI is InChI=1S/C31H38N6O4S/c1-30(2,3)28(40)34-20-26(39)37-13-8-31(9-14-37)18-23-16-22(19-33-27(23)35-29(31)41)4-5-25(38)36-11-6-21(7-12-36)17-24-32-10-15-42-24/h4-5,10,15-17,19H,6-9,11-14,18,20H2,1-3H3,(H,34,40)(H,33,35,41)/b5-4+. The summed E-state index contributed by atoms with van der Waals surface area (Å²) < 4.78 is 0. The Morgan fingerprint density at radius 3 is 2.50 bits per heavy atom. The Morgan fingerprint density at radius 1 is 1.10 bits per heavy atom. The molecule has 2 fully saturated rings. The van der Waals surface area contributed by atoms with Crippen LogP contribution in [0.25, 0.3) is 12.2 Å². The van der Waals surface area contributed by atoms with E-state index < -0.39 is 10.8 Å². The number of hydrogen-bond donors (Lipinski definition) is 2. The molecule has 2 N–H and O–H groups in total. The number of rotatable bonds is 5. The van der Waals surface area contributed by atoms with Crippen molar-refractivity contribution in [1.29, 1.82) is 0 Å². The number of aromatic nitrogens is 2. The Hall–Kier alpha value is -3.86. The summed E-state index contributed by atoms with van der Waals surface area (Å²) in [5.74, 6) is 0.145. The Kier molecular flexibility index (Phi) is 8.58. The number of fused-ring (bicyclic) bond motifs is 1. The molecule has 3 aliphatic heterocycles. The first-order chi connectivity index (χ1) is 20.0. The zero-order valence-electron chi connectivity index (χ0n) is 24.4. The van der Waals surface area contributed by atoms with Crippen molar-refractivity contribution in [3.8, 4) is 0 Å². The first-order valence-corrected chi connectivity index (χ1v) is 15.3. The summed E-state index contributed by atoms with van der Waals surface area (Å²) in [6, 6.07) is 1.98. The van der Waals surface area contributed by atoms with Gasteiger partial charge in [0.1, 0.15) is 10.8 Å². The van der Waals surface area contributed by atoms with Crippen molar-refractivity contribution in [2.75, 3.05) is 38.0 Å². The van der Waals surface area contributed by atoms with Gasteiger partial charge in [-0.2, -0.15) is 0 Å². The summed E-state index contributed by atoms with van der Waals surface area (Å²) in [4.78, 5) is 63.2. The number of thiazole rings is 1. The van der Waals surface area contributed by atoms with Crippen LogP contribution in [-0.2, 0) is 25.6 Å². The normalized spacial score (nSPS) is 18.5. The number of amides is 4. The number of piperidine rings is 2. The lowest BCUT2D eigenvalue weighted by Gasteiger charge is -2.43. The predicted octanol–water partition coefficient (Wildman–Crippen LogP) is 3.52. The summed E-state index contributed by atoms with van der Waals surface area (Å²) in [6.45, 7) is 7.63. The van der Waals surface area contributed by atoms with Crippen molar-refractivity contribution >= 4 is 52.9 Å². The molecule has 2 aromatic heterocycles. The maximum atomic E-state index is 13.1. The van der Waals surface area contributed by atoms with Gasteiger partial charge in [-0.05, 0) is 61.4 Å². The van der Waals surface area contributed by atoms with Gasteiger partial charge in [0, 0.05) is 55.4 Å². The molecule has 0 aliphatic carbocycles. The van der Waals surface area contributed by atoms with Crippen LogP contribution in [0.3, 0.4) is 0 Å². The molecule has 2 aromatic rings. The average molecular weight is 591 g/mol. The van der Waals surface area contributed by atoms with Gasteiger partial charge in [0.05, 0.1) is 12.0 Å². The molecule has 42 heavy (non-hydrogen) atoms. The van der Waals surface area contributed by atoms with E-state index in [1.807, 2.05) is 16.3 Å². The average Bonchev–Trinajstić information content (AvgIpc) is 3.48. The van der Waals surface area contributed by atoms with Crippen LogP contribution >= 0.6 is 11.3 Å². The fourth-order valence-corrected chi connectivity index (χ4v) is 6.20. The zero-order chi connectivity index (χ0) is 29.9. The van der Waals surface area contributed by atoms with Gasteiger partial charge in [-0.25, -0.2) is 9.97 Å². The lowest BCUT2D eigenvalue weighted by molar-refractivity contribution is -0.139. The van der Waals surface area contributed by atoms with Crippen LogP contribution < -0.4 is 10.6 Å². The minimum atomic E-state index is -0.615. The zero-order valence-corrected chi connectivity index (χ0v) is 25.3. The highest BCUT2D eigenvalue weighted by Gasteiger charge is 2.45. The fourth-order valence-electron chi connectivity index (χ4n) is 5.59. The van der Waals surface area contributed by atoms with Gasteiger partial charge in [-0.3, -0.25) is 19.2 Å². The highest BCUT2D eigenvalue weighted by Crippen LogP contribution is 2.41. The number of hydrogen-bond acceptors (Lipinski definition) is 7. The molecule has 0 atom stereocenters. The van der Waals surface area contributed by atoms with E-state index in [0.717, 1.165) is 29.0 Å². The number of anilines is 1. The van der Waals surface area contributed by atoms with Gasteiger partial charge in [-0.15, -0.1) is 11.3 Å². The molecule has 11 heteroatoms. The van der Waals surface area contributed by atoms with Crippen molar-refractivity contribution in [1.82, 2.24) is 25.1 Å². The summed E-state index contributed by atoms with van der Waals surface area (Å²) in [5.41, 5.74) is 1.87. The van der Waals surface area contributed by atoms with Crippen molar-refractivity contribution < 1.29 is 19.2 Å². The van der Waals surface area contributed by atoms with E-state index >= 15 is 0 Å². The van der Waals surface area contributed by atoms with E-state index in [0.29, 0.717) is 51.3 Å². The Balaban J connectivity index is 1.16. The summed E-state index contributed by atoms with van der Waals surface area (Å²) in [6.07, 6.45) is 12.2. The Bertz CT molecular complexity index is 1410. The lowest BCUT2D eigenvalue weighted by atomic mass is 9.71. The van der Waals surface area contributed by atoms with Crippen LogP contribution in [0.1, 0.15) is 62.6 Å². The van der Waals surface area contributed by atoms with Crippen molar-refractivity contribution in [3.05, 3.63) is 51.6 Å². The van der Waals surface area contributed by atoms with Crippen LogP contribution in [0.15, 0.2) is 35.5 Å². The molecule has 4 amide bonds. The van der Waals surface area contributed by atoms with Gasteiger partial charge in [-0.1, -0.05) is 26.3 Å². The molecule has 0 radical (unpaired) electrons. The SMILES string of the molecule is CC(C)(C)C(=O)NCC(=O)N1CCC2(CC1)Cc1cc(/C=C/C(=O)N3CCC(=Cc4nccs4)CC3)cnc1NC2=O. The van der Waals surface area contributed by atoms with E-state index in [2.05, 4.69) is 26.7 Å². The molecule has 0 saturated carbocycles. The van der Waals surface area contributed by atoms with E-state index in [1.165, 1.54) is 5.57 Å². The number of nitrogens with zero attached hydrogens (tertiary/aromatic N) is 4. The third kappa shape index (κ3) is 6.78. The topological polar surface area (TPSA) is 125 Å². The first kappa shape index (κ1) is 29.6. The van der Waals surface area contributed by atoms with Crippen LogP contribution in [0.2, 0.25) is 0 Å². The minimum Gasteiger partial charge on any atom is -0.347 e. The summed E-state index contributed by atoms with van der Waals surface area (Å²) in [5, 5.41) is 8.64. The molecule has 5 heterocycles. The molecular weight excluding hydrogens is 552 g/mol. The largest absolute Gasteiger partial charge is 0.347 e. The molecule has 0 unspecified atom stereocenters. The predicted molar refractivity (Wildman–Crippen MR) is 162 cm³/mol. The number of pyridine rings is 1. The van der Waals surface area contributed by atoms with Crippen LogP contribution in [0.5, 0.6) is 0 Å². The highest BCUT2D eigenvalue weighted by molar-refractivity contribution is 7.10. The van der Waals surface area contributed by atoms with E-state index in [-0.39, 0.29) is 30.2 Å². The van der Waals surface area contributed by atoms with Crippen LogP contribution in [0, 0.1) is 10.8 Å². The molecule has 2 saturated heterocycles.